The largest absolute Gasteiger partial charge is 0.444 e. The molecular formula is C21H27N3O4S. The average molecular weight is 418 g/mol. The zero-order valence-electron chi connectivity index (χ0n) is 17.1. The summed E-state index contributed by atoms with van der Waals surface area (Å²) in [5.74, 6) is 0. The maximum atomic E-state index is 12.2. The molecule has 1 aromatic carbocycles. The molecule has 1 aromatic heterocycles. The maximum Gasteiger partial charge on any atom is 0.408 e. The fourth-order valence-electron chi connectivity index (χ4n) is 2.69. The monoisotopic (exact) mass is 417 g/mol. The number of ether oxygens (including phenoxy) is 1. The summed E-state index contributed by atoms with van der Waals surface area (Å²) in [6, 6.07) is 7.62. The molecule has 0 aliphatic carbocycles. The summed E-state index contributed by atoms with van der Waals surface area (Å²) in [7, 11) is -3.38. The van der Waals surface area contributed by atoms with Gasteiger partial charge in [-0.05, 0) is 63.1 Å². The number of nitrogens with one attached hydrogen (secondary N) is 1. The molecule has 1 amide bonds. The molecule has 0 spiro atoms. The summed E-state index contributed by atoms with van der Waals surface area (Å²) < 4.78 is 29.1. The number of carbonyl (C=O) groups is 1. The van der Waals surface area contributed by atoms with Gasteiger partial charge in [-0.1, -0.05) is 6.08 Å². The Morgan fingerprint density at radius 2 is 2.00 bits per heavy atom. The van der Waals surface area contributed by atoms with Crippen molar-refractivity contribution in [3.05, 3.63) is 54.9 Å². The molecule has 0 aliphatic heterocycles. The van der Waals surface area contributed by atoms with Crippen LogP contribution in [0.1, 0.15) is 38.9 Å². The molecule has 1 heterocycles. The molecule has 0 bridgehead atoms. The zero-order chi connectivity index (χ0) is 21.8. The number of benzene rings is 1. The maximum absolute atomic E-state index is 12.2. The molecule has 1 unspecified atom stereocenters. The highest BCUT2D eigenvalue weighted by Gasteiger charge is 2.21. The second-order valence-corrected chi connectivity index (χ2v) is 9.73. The third-order valence-electron chi connectivity index (χ3n) is 4.00. The van der Waals surface area contributed by atoms with Gasteiger partial charge in [0.25, 0.3) is 0 Å². The predicted octanol–water partition coefficient (Wildman–Crippen LogP) is 3.88. The third kappa shape index (κ3) is 6.32. The molecule has 1 atom stereocenters. The van der Waals surface area contributed by atoms with E-state index in [4.69, 9.17) is 10.5 Å². The van der Waals surface area contributed by atoms with E-state index < -0.39 is 27.6 Å². The second-order valence-electron chi connectivity index (χ2n) is 7.71. The Morgan fingerprint density at radius 3 is 2.59 bits per heavy atom. The number of sulfone groups is 1. The van der Waals surface area contributed by atoms with Crippen molar-refractivity contribution < 1.29 is 17.9 Å². The van der Waals surface area contributed by atoms with Gasteiger partial charge in [-0.25, -0.2) is 13.2 Å². The lowest BCUT2D eigenvalue weighted by Gasteiger charge is -2.23. The average Bonchev–Trinajstić information content (AvgIpc) is 2.59. The van der Waals surface area contributed by atoms with E-state index in [1.54, 1.807) is 51.2 Å². The predicted molar refractivity (Wildman–Crippen MR) is 114 cm³/mol. The number of amides is 1. The van der Waals surface area contributed by atoms with E-state index in [9.17, 15) is 13.2 Å². The lowest BCUT2D eigenvalue weighted by Crippen LogP contribution is -2.35. The summed E-state index contributed by atoms with van der Waals surface area (Å²) >= 11 is 0. The van der Waals surface area contributed by atoms with Crippen molar-refractivity contribution in [2.24, 2.45) is 0 Å². The number of nitrogen functional groups attached to an aromatic ring is 1. The van der Waals surface area contributed by atoms with Crippen molar-refractivity contribution in [2.75, 3.05) is 12.0 Å². The molecule has 7 nitrogen and oxygen atoms in total. The highest BCUT2D eigenvalue weighted by atomic mass is 32.2. The Bertz CT molecular complexity index is 1010. The van der Waals surface area contributed by atoms with Crippen LogP contribution >= 0.6 is 0 Å². The molecule has 156 valence electrons. The van der Waals surface area contributed by atoms with Gasteiger partial charge in [0.1, 0.15) is 5.60 Å². The number of anilines is 1. The van der Waals surface area contributed by atoms with Crippen LogP contribution in [0.4, 0.5) is 10.5 Å². The van der Waals surface area contributed by atoms with Crippen molar-refractivity contribution in [3.8, 4) is 11.1 Å². The molecule has 0 saturated heterocycles. The van der Waals surface area contributed by atoms with E-state index in [1.807, 2.05) is 0 Å². The van der Waals surface area contributed by atoms with Crippen LogP contribution in [0.25, 0.3) is 11.1 Å². The van der Waals surface area contributed by atoms with E-state index in [1.165, 1.54) is 12.1 Å². The van der Waals surface area contributed by atoms with Crippen molar-refractivity contribution in [2.45, 2.75) is 43.7 Å². The first-order chi connectivity index (χ1) is 13.4. The van der Waals surface area contributed by atoms with Gasteiger partial charge >= 0.3 is 6.09 Å². The van der Waals surface area contributed by atoms with Gasteiger partial charge in [-0.3, -0.25) is 4.98 Å². The Hall–Kier alpha value is -2.87. The van der Waals surface area contributed by atoms with Crippen LogP contribution in [0.3, 0.4) is 0 Å². The summed E-state index contributed by atoms with van der Waals surface area (Å²) in [5.41, 5.74) is 7.74. The number of carbonyl (C=O) groups excluding carboxylic acids is 1. The number of hydrogen-bond acceptors (Lipinski definition) is 6. The summed E-state index contributed by atoms with van der Waals surface area (Å²) in [4.78, 5) is 16.7. The fraction of sp³-hybridized carbons (Fsp3) is 0.333. The number of pyridine rings is 1. The fourth-order valence-corrected chi connectivity index (χ4v) is 3.34. The van der Waals surface area contributed by atoms with Crippen LogP contribution in [-0.2, 0) is 14.6 Å². The minimum atomic E-state index is -3.38. The van der Waals surface area contributed by atoms with Crippen molar-refractivity contribution in [1.29, 1.82) is 0 Å². The van der Waals surface area contributed by atoms with Crippen LogP contribution in [0.15, 0.2) is 54.1 Å². The van der Waals surface area contributed by atoms with Crippen LogP contribution in [0.2, 0.25) is 0 Å². The SMILES string of the molecule is C=CCC(NC(=O)OC(C)(C)C)c1cc(-c2cc(S(C)(=O)=O)ccc2N)ccn1. The molecule has 8 heteroatoms. The number of rotatable bonds is 6. The molecule has 29 heavy (non-hydrogen) atoms. The first-order valence-corrected chi connectivity index (χ1v) is 11.0. The molecule has 2 aromatic rings. The van der Waals surface area contributed by atoms with Gasteiger partial charge in [0, 0.05) is 23.7 Å². The Morgan fingerprint density at radius 1 is 1.31 bits per heavy atom. The summed E-state index contributed by atoms with van der Waals surface area (Å²) in [6.07, 6.45) is 4.29. The van der Waals surface area contributed by atoms with E-state index in [2.05, 4.69) is 16.9 Å². The zero-order valence-corrected chi connectivity index (χ0v) is 17.9. The second kappa shape index (κ2) is 8.65. The molecule has 0 radical (unpaired) electrons. The van der Waals surface area contributed by atoms with E-state index in [0.717, 1.165) is 6.26 Å². The number of nitrogens with zero attached hydrogens (tertiary/aromatic N) is 1. The standard InChI is InChI=1S/C21H27N3O4S/c1-6-7-18(24-20(25)28-21(2,3)4)19-12-14(10-11-23-19)16-13-15(29(5,26)27)8-9-17(16)22/h6,8-13,18H,1,7,22H2,2-5H3,(H,24,25). The van der Waals surface area contributed by atoms with Crippen LogP contribution in [-0.4, -0.2) is 31.4 Å². The summed E-state index contributed by atoms with van der Waals surface area (Å²) in [5, 5.41) is 2.80. The minimum absolute atomic E-state index is 0.176. The molecule has 0 saturated carbocycles. The number of aromatic nitrogens is 1. The topological polar surface area (TPSA) is 111 Å². The van der Waals surface area contributed by atoms with E-state index in [0.29, 0.717) is 28.9 Å². The minimum Gasteiger partial charge on any atom is -0.444 e. The number of hydrogen-bond donors (Lipinski definition) is 2. The van der Waals surface area contributed by atoms with E-state index in [-0.39, 0.29) is 4.90 Å². The Labute approximate surface area is 171 Å². The first-order valence-electron chi connectivity index (χ1n) is 9.07. The highest BCUT2D eigenvalue weighted by Crippen LogP contribution is 2.30. The molecular weight excluding hydrogens is 390 g/mol. The molecule has 0 fully saturated rings. The Kier molecular flexibility index (Phi) is 6.69. The quantitative estimate of drug-likeness (QED) is 0.545. The van der Waals surface area contributed by atoms with Crippen LogP contribution < -0.4 is 11.1 Å². The van der Waals surface area contributed by atoms with Gasteiger partial charge in [-0.15, -0.1) is 6.58 Å². The van der Waals surface area contributed by atoms with Gasteiger partial charge in [-0.2, -0.15) is 0 Å². The molecule has 0 aliphatic rings. The van der Waals surface area contributed by atoms with Gasteiger partial charge in [0.05, 0.1) is 16.6 Å². The third-order valence-corrected chi connectivity index (χ3v) is 5.11. The van der Waals surface area contributed by atoms with Crippen molar-refractivity contribution >= 4 is 21.6 Å². The first kappa shape index (κ1) is 22.4. The van der Waals surface area contributed by atoms with Crippen molar-refractivity contribution in [3.63, 3.8) is 0 Å². The van der Waals surface area contributed by atoms with Gasteiger partial charge in [0.2, 0.25) is 0 Å². The smallest absolute Gasteiger partial charge is 0.408 e. The highest BCUT2D eigenvalue weighted by molar-refractivity contribution is 7.90. The Balaban J connectivity index is 2.41. The lowest BCUT2D eigenvalue weighted by atomic mass is 10.0. The molecule has 3 N–H and O–H groups in total. The van der Waals surface area contributed by atoms with Crippen molar-refractivity contribution in [1.82, 2.24) is 10.3 Å². The van der Waals surface area contributed by atoms with Crippen LogP contribution in [0.5, 0.6) is 0 Å². The van der Waals surface area contributed by atoms with Crippen LogP contribution in [0, 0.1) is 0 Å². The summed E-state index contributed by atoms with van der Waals surface area (Å²) in [6.45, 7) is 9.08. The van der Waals surface area contributed by atoms with Gasteiger partial charge in [0.15, 0.2) is 9.84 Å². The molecule has 2 rings (SSSR count). The van der Waals surface area contributed by atoms with Gasteiger partial charge < -0.3 is 15.8 Å². The normalized spacial score (nSPS) is 12.8. The number of alkyl carbamates (subject to hydrolysis) is 1. The van der Waals surface area contributed by atoms with E-state index >= 15 is 0 Å². The lowest BCUT2D eigenvalue weighted by molar-refractivity contribution is 0.0503. The number of nitrogens with two attached hydrogens (primary N) is 1.